The summed E-state index contributed by atoms with van der Waals surface area (Å²) in [4.78, 5) is 42.8. The monoisotopic (exact) mass is 628 g/mol. The number of aliphatic hydroxyl groups excluding tert-OH is 1. The highest BCUT2D eigenvalue weighted by Gasteiger charge is 2.60. The molecule has 0 radical (unpaired) electrons. The Bertz CT molecular complexity index is 1440. The Morgan fingerprint density at radius 1 is 1.22 bits per heavy atom. The van der Waals surface area contributed by atoms with E-state index >= 15 is 0 Å². The molecule has 1 aliphatic heterocycles. The van der Waals surface area contributed by atoms with Crippen LogP contribution in [0.15, 0.2) is 18.5 Å². The molecule has 1 amide bonds. The smallest absolute Gasteiger partial charge is 0.323 e. The van der Waals surface area contributed by atoms with Gasteiger partial charge in [0, 0.05) is 13.5 Å². The van der Waals surface area contributed by atoms with Crippen molar-refractivity contribution in [2.24, 2.45) is 17.1 Å². The summed E-state index contributed by atoms with van der Waals surface area (Å²) in [6.45, 7) is 8.10. The van der Waals surface area contributed by atoms with E-state index in [2.05, 4.69) is 15.4 Å². The third-order valence-electron chi connectivity index (χ3n) is 8.75. The molecule has 0 spiro atoms. The van der Waals surface area contributed by atoms with Gasteiger partial charge in [0.1, 0.15) is 48.4 Å². The number of nitrogens with one attached hydrogen (secondary N) is 1. The summed E-state index contributed by atoms with van der Waals surface area (Å²) in [7, 11) is 1.40. The molecule has 246 valence electrons. The van der Waals surface area contributed by atoms with Crippen LogP contribution in [-0.4, -0.2) is 81.2 Å². The third-order valence-corrected chi connectivity index (χ3v) is 8.75. The van der Waals surface area contributed by atoms with Gasteiger partial charge in [0.05, 0.1) is 5.69 Å². The topological polar surface area (TPSA) is 200 Å². The van der Waals surface area contributed by atoms with Crippen molar-refractivity contribution in [3.8, 4) is 6.07 Å². The van der Waals surface area contributed by atoms with Crippen LogP contribution < -0.4 is 11.1 Å². The van der Waals surface area contributed by atoms with Gasteiger partial charge in [-0.05, 0) is 50.2 Å². The van der Waals surface area contributed by atoms with Gasteiger partial charge in [-0.1, -0.05) is 40.0 Å². The van der Waals surface area contributed by atoms with Gasteiger partial charge < -0.3 is 35.1 Å². The van der Waals surface area contributed by atoms with Gasteiger partial charge in [-0.25, -0.2) is 9.50 Å². The largest absolute Gasteiger partial charge is 0.463 e. The van der Waals surface area contributed by atoms with Crippen LogP contribution in [0.4, 0.5) is 5.82 Å². The number of fused-ring (bicyclic) bond motifs is 1. The summed E-state index contributed by atoms with van der Waals surface area (Å²) < 4.78 is 24.0. The molecule has 0 aromatic carbocycles. The van der Waals surface area contributed by atoms with Gasteiger partial charge >= 0.3 is 11.9 Å². The van der Waals surface area contributed by atoms with E-state index in [-0.39, 0.29) is 30.5 Å². The fourth-order valence-electron chi connectivity index (χ4n) is 5.53. The lowest BCUT2D eigenvalue weighted by molar-refractivity contribution is -0.163. The number of ether oxygens (including phenoxy) is 4. The van der Waals surface area contributed by atoms with Gasteiger partial charge in [-0.3, -0.25) is 14.4 Å². The summed E-state index contributed by atoms with van der Waals surface area (Å²) in [6, 6.07) is 4.02. The minimum absolute atomic E-state index is 0.0774. The lowest BCUT2D eigenvalue weighted by Gasteiger charge is -2.29. The number of nitriles is 1. The SMILES string of the molecule is COC(C)(C)C(=O)Nc1ncnn2c([C@]3(C#N)O[C@H](COC(=O)CC4CCCCC4)[C@@H](OC(=O)[C@H](N)C(C)(C)C)[C@H]3O)ccc12. The van der Waals surface area contributed by atoms with Gasteiger partial charge in [0.25, 0.3) is 5.91 Å². The Labute approximate surface area is 262 Å². The Morgan fingerprint density at radius 2 is 1.91 bits per heavy atom. The molecule has 4 rings (SSSR count). The summed E-state index contributed by atoms with van der Waals surface area (Å²) in [5, 5.41) is 29.1. The molecule has 1 aliphatic carbocycles. The highest BCUT2D eigenvalue weighted by molar-refractivity contribution is 5.98. The predicted molar refractivity (Wildman–Crippen MR) is 160 cm³/mol. The minimum Gasteiger partial charge on any atom is -0.463 e. The number of hydrogen-bond acceptors (Lipinski definition) is 12. The van der Waals surface area contributed by atoms with Gasteiger partial charge in [-0.15, -0.1) is 0 Å². The molecule has 1 saturated heterocycles. The highest BCUT2D eigenvalue weighted by Crippen LogP contribution is 2.42. The number of carbonyl (C=O) groups is 3. The second-order valence-corrected chi connectivity index (χ2v) is 13.4. The van der Waals surface area contributed by atoms with E-state index in [9.17, 15) is 24.8 Å². The van der Waals surface area contributed by atoms with E-state index in [0.717, 1.165) is 32.1 Å². The predicted octanol–water partition coefficient (Wildman–Crippen LogP) is 2.37. The van der Waals surface area contributed by atoms with Crippen molar-refractivity contribution < 1.29 is 38.4 Å². The number of aromatic nitrogens is 3. The van der Waals surface area contributed by atoms with Gasteiger partial charge in [0.15, 0.2) is 11.9 Å². The van der Waals surface area contributed by atoms with Crippen molar-refractivity contribution in [1.82, 2.24) is 14.6 Å². The standard InChI is InChI=1S/C31H44N6O8/c1-29(2,3)24(33)27(40)44-23-20(15-43-22(38)14-18-10-8-7-9-11-18)45-31(16-32,25(23)39)21-13-12-19-26(34-17-35-37(19)21)36-28(41)30(4,5)42-6/h12-13,17-18,20,23-25,39H,7-11,14-15,33H2,1-6H3,(H,34,35,36,41)/t20-,23-,24+,25-,31+/m1/s1. The van der Waals surface area contributed by atoms with Crippen molar-refractivity contribution in [1.29, 1.82) is 5.26 Å². The maximum Gasteiger partial charge on any atom is 0.323 e. The molecule has 0 unspecified atom stereocenters. The first-order valence-electron chi connectivity index (χ1n) is 15.2. The molecule has 2 fully saturated rings. The molecule has 3 heterocycles. The maximum atomic E-state index is 13.1. The van der Waals surface area contributed by atoms with E-state index in [1.54, 1.807) is 40.7 Å². The summed E-state index contributed by atoms with van der Waals surface area (Å²) >= 11 is 0. The van der Waals surface area contributed by atoms with Crippen LogP contribution in [0.25, 0.3) is 5.52 Å². The molecule has 45 heavy (non-hydrogen) atoms. The first-order chi connectivity index (χ1) is 21.1. The van der Waals surface area contributed by atoms with Crippen molar-refractivity contribution in [2.75, 3.05) is 19.0 Å². The van der Waals surface area contributed by atoms with Crippen LogP contribution in [0.2, 0.25) is 0 Å². The van der Waals surface area contributed by atoms with Crippen molar-refractivity contribution >= 4 is 29.2 Å². The quantitative estimate of drug-likeness (QED) is 0.325. The molecule has 2 aromatic rings. The van der Waals surface area contributed by atoms with Crippen LogP contribution >= 0.6 is 0 Å². The number of hydrogen-bond donors (Lipinski definition) is 3. The molecule has 1 saturated carbocycles. The first kappa shape index (κ1) is 34.2. The van der Waals surface area contributed by atoms with Crippen molar-refractivity contribution in [3.05, 3.63) is 24.2 Å². The Balaban J connectivity index is 1.65. The molecular weight excluding hydrogens is 584 g/mol. The lowest BCUT2D eigenvalue weighted by atomic mass is 9.87. The number of amides is 1. The van der Waals surface area contributed by atoms with Crippen LogP contribution in [0.1, 0.15) is 78.8 Å². The first-order valence-corrected chi connectivity index (χ1v) is 15.2. The molecule has 14 nitrogen and oxygen atoms in total. The van der Waals surface area contributed by atoms with Crippen LogP contribution in [0.5, 0.6) is 0 Å². The number of rotatable bonds is 10. The number of methoxy groups -OCH3 is 1. The molecule has 2 aromatic heterocycles. The lowest BCUT2D eigenvalue weighted by Crippen LogP contribution is -2.49. The second-order valence-electron chi connectivity index (χ2n) is 13.4. The second kappa shape index (κ2) is 13.4. The number of nitrogens with zero attached hydrogens (tertiary/aromatic N) is 4. The Kier molecular flexibility index (Phi) is 10.2. The molecule has 0 bridgehead atoms. The number of nitrogens with two attached hydrogens (primary N) is 1. The van der Waals surface area contributed by atoms with E-state index in [4.69, 9.17) is 24.7 Å². The molecule has 4 N–H and O–H groups in total. The molecular formula is C31H44N6O8. The summed E-state index contributed by atoms with van der Waals surface area (Å²) in [5.74, 6) is -1.37. The normalized spacial score (nSPS) is 25.0. The maximum absolute atomic E-state index is 13.1. The van der Waals surface area contributed by atoms with Crippen molar-refractivity contribution in [3.63, 3.8) is 0 Å². The Morgan fingerprint density at radius 3 is 2.53 bits per heavy atom. The average molecular weight is 629 g/mol. The minimum atomic E-state index is -2.12. The van der Waals surface area contributed by atoms with Gasteiger partial charge in [-0.2, -0.15) is 10.4 Å². The van der Waals surface area contributed by atoms with Gasteiger partial charge in [0.2, 0.25) is 5.60 Å². The number of carbonyl (C=O) groups excluding carboxylic acids is 3. The summed E-state index contributed by atoms with van der Waals surface area (Å²) in [6.07, 6.45) is 2.23. The van der Waals surface area contributed by atoms with E-state index in [1.165, 1.54) is 24.0 Å². The number of esters is 2. The zero-order chi connectivity index (χ0) is 33.2. The van der Waals surface area contributed by atoms with Crippen molar-refractivity contribution in [2.45, 2.75) is 109 Å². The fourth-order valence-corrected chi connectivity index (χ4v) is 5.53. The molecule has 5 atom stereocenters. The fraction of sp³-hybridized carbons (Fsp3) is 0.677. The van der Waals surface area contributed by atoms with Crippen LogP contribution in [0.3, 0.4) is 0 Å². The zero-order valence-corrected chi connectivity index (χ0v) is 26.7. The third kappa shape index (κ3) is 7.12. The van der Waals surface area contributed by atoms with Crippen LogP contribution in [-0.2, 0) is 38.9 Å². The van der Waals surface area contributed by atoms with E-state index in [1.807, 2.05) is 6.07 Å². The molecule has 14 heteroatoms. The highest BCUT2D eigenvalue weighted by atomic mass is 16.6. The van der Waals surface area contributed by atoms with E-state index < -0.39 is 58.8 Å². The van der Waals surface area contributed by atoms with E-state index in [0.29, 0.717) is 5.52 Å². The Hall–Kier alpha value is -3.64. The van der Waals surface area contributed by atoms with Crippen LogP contribution in [0, 0.1) is 22.7 Å². The zero-order valence-electron chi connectivity index (χ0n) is 26.7. The number of aliphatic hydroxyl groups is 1. The summed E-state index contributed by atoms with van der Waals surface area (Å²) in [5.41, 5.74) is 2.57. The number of anilines is 1. The molecule has 2 aliphatic rings. The average Bonchev–Trinajstić information content (AvgIpc) is 3.55.